The van der Waals surface area contributed by atoms with Gasteiger partial charge in [-0.1, -0.05) is 11.8 Å². The fourth-order valence-corrected chi connectivity index (χ4v) is 6.32. The fraction of sp³-hybridized carbons (Fsp3) is 0.933. The zero-order chi connectivity index (χ0) is 13.3. The van der Waals surface area contributed by atoms with Gasteiger partial charge in [0.2, 0.25) is 5.17 Å². The molecule has 0 amide bonds. The van der Waals surface area contributed by atoms with Gasteiger partial charge in [0, 0.05) is 0 Å². The number of nitrogens with zero attached hydrogens (tertiary/aromatic N) is 3. The largest absolute Gasteiger partial charge is 0.253 e. The quantitative estimate of drug-likeness (QED) is 0.642. The van der Waals surface area contributed by atoms with Gasteiger partial charge in [0.1, 0.15) is 4.87 Å². The first-order valence-corrected chi connectivity index (χ1v) is 8.48. The van der Waals surface area contributed by atoms with E-state index in [0.29, 0.717) is 0 Å². The second-order valence-corrected chi connectivity index (χ2v) is 9.15. The van der Waals surface area contributed by atoms with Crippen LogP contribution in [0.3, 0.4) is 0 Å². The van der Waals surface area contributed by atoms with Crippen molar-refractivity contribution in [1.29, 1.82) is 0 Å². The van der Waals surface area contributed by atoms with Gasteiger partial charge < -0.3 is 0 Å². The van der Waals surface area contributed by atoms with Gasteiger partial charge >= 0.3 is 0 Å². The van der Waals surface area contributed by atoms with Crippen molar-refractivity contribution >= 4 is 16.9 Å². The molecule has 1 aliphatic heterocycles. The van der Waals surface area contributed by atoms with Gasteiger partial charge in [0.25, 0.3) is 0 Å². The molecule has 4 saturated carbocycles. The molecule has 4 fully saturated rings. The monoisotopic (exact) mass is 277 g/mol. The van der Waals surface area contributed by atoms with Crippen molar-refractivity contribution in [1.82, 2.24) is 0 Å². The molecule has 0 aromatic heterocycles. The highest BCUT2D eigenvalue weighted by molar-refractivity contribution is 8.15. The second-order valence-electron chi connectivity index (χ2n) is 7.92. The van der Waals surface area contributed by atoms with Crippen molar-refractivity contribution in [2.45, 2.75) is 63.3 Å². The maximum absolute atomic E-state index is 4.79. The normalized spacial score (nSPS) is 49.7. The van der Waals surface area contributed by atoms with Crippen molar-refractivity contribution < 1.29 is 0 Å². The van der Waals surface area contributed by atoms with Crippen molar-refractivity contribution in [2.24, 2.45) is 38.9 Å². The van der Waals surface area contributed by atoms with E-state index >= 15 is 0 Å². The highest BCUT2D eigenvalue weighted by Gasteiger charge is 2.60. The minimum atomic E-state index is -0.0429. The Morgan fingerprint density at radius 3 is 2.16 bits per heavy atom. The lowest BCUT2D eigenvalue weighted by atomic mass is 9.54. The number of hydrogen-bond donors (Lipinski definition) is 0. The molecule has 1 heterocycles. The van der Waals surface area contributed by atoms with Crippen LogP contribution in [0.2, 0.25) is 0 Å². The standard InChI is InChI=1S/C15H23N3S/c1-14(2,3)16-13-17-18-15(19-13)11-5-9-4-10(7-11)8-12(15)6-9/h9-12H,4-8H2,1-3H3. The predicted octanol–water partition coefficient (Wildman–Crippen LogP) is 4.49. The van der Waals surface area contributed by atoms with E-state index in [0.717, 1.165) is 28.8 Å². The Morgan fingerprint density at radius 1 is 1.05 bits per heavy atom. The number of aliphatic imine (C=N–C) groups is 1. The van der Waals surface area contributed by atoms with Gasteiger partial charge in [-0.3, -0.25) is 4.99 Å². The van der Waals surface area contributed by atoms with Crippen LogP contribution in [0.15, 0.2) is 15.2 Å². The van der Waals surface area contributed by atoms with Crippen LogP contribution in [0.5, 0.6) is 0 Å². The molecule has 5 aliphatic rings. The first-order chi connectivity index (χ1) is 8.95. The summed E-state index contributed by atoms with van der Waals surface area (Å²) >= 11 is 1.89. The lowest BCUT2D eigenvalue weighted by Gasteiger charge is -2.57. The van der Waals surface area contributed by atoms with Gasteiger partial charge in [-0.2, -0.15) is 5.11 Å². The van der Waals surface area contributed by atoms with Crippen molar-refractivity contribution in [3.05, 3.63) is 0 Å². The summed E-state index contributed by atoms with van der Waals surface area (Å²) in [7, 11) is 0. The molecule has 4 bridgehead atoms. The number of rotatable bonds is 0. The van der Waals surface area contributed by atoms with E-state index < -0.39 is 0 Å². The molecule has 3 nitrogen and oxygen atoms in total. The van der Waals surface area contributed by atoms with Gasteiger partial charge in [0.15, 0.2) is 0 Å². The molecule has 0 saturated heterocycles. The molecule has 4 aliphatic carbocycles. The zero-order valence-electron chi connectivity index (χ0n) is 12.1. The third-order valence-electron chi connectivity index (χ3n) is 5.29. The summed E-state index contributed by atoms with van der Waals surface area (Å²) in [4.78, 5) is 4.82. The summed E-state index contributed by atoms with van der Waals surface area (Å²) in [6.07, 6.45) is 7.06. The van der Waals surface area contributed by atoms with Gasteiger partial charge in [0.05, 0.1) is 5.54 Å². The van der Waals surface area contributed by atoms with Gasteiger partial charge in [-0.15, -0.1) is 5.11 Å². The minimum Gasteiger partial charge on any atom is -0.253 e. The van der Waals surface area contributed by atoms with Crippen LogP contribution in [-0.2, 0) is 0 Å². The van der Waals surface area contributed by atoms with E-state index in [1.54, 1.807) is 0 Å². The topological polar surface area (TPSA) is 37.1 Å². The third-order valence-corrected chi connectivity index (χ3v) is 6.72. The molecule has 0 unspecified atom stereocenters. The lowest BCUT2D eigenvalue weighted by molar-refractivity contribution is -0.0142. The van der Waals surface area contributed by atoms with E-state index in [2.05, 4.69) is 25.9 Å². The first kappa shape index (κ1) is 12.4. The van der Waals surface area contributed by atoms with E-state index in [4.69, 9.17) is 10.1 Å². The Balaban J connectivity index is 1.63. The number of hydrogen-bond acceptors (Lipinski definition) is 3. The van der Waals surface area contributed by atoms with E-state index in [1.807, 2.05) is 11.8 Å². The molecule has 1 spiro atoms. The molecule has 0 aromatic carbocycles. The lowest BCUT2D eigenvalue weighted by Crippen LogP contribution is -2.54. The van der Waals surface area contributed by atoms with Crippen LogP contribution in [-0.4, -0.2) is 15.6 Å². The third kappa shape index (κ3) is 1.90. The number of thioether (sulfide) groups is 1. The summed E-state index contributed by atoms with van der Waals surface area (Å²) in [5.74, 6) is 3.52. The maximum atomic E-state index is 4.79. The fourth-order valence-electron chi connectivity index (χ4n) is 4.83. The molecule has 0 N–H and O–H groups in total. The number of amidine groups is 1. The van der Waals surface area contributed by atoms with E-state index in [-0.39, 0.29) is 10.4 Å². The SMILES string of the molecule is CC(C)(C)N=C1N=NC2(S1)C1CC3CC(C1)CC2C3. The van der Waals surface area contributed by atoms with Crippen molar-refractivity contribution in [2.75, 3.05) is 0 Å². The van der Waals surface area contributed by atoms with Crippen molar-refractivity contribution in [3.8, 4) is 0 Å². The summed E-state index contributed by atoms with van der Waals surface area (Å²) in [6.45, 7) is 6.41. The Labute approximate surface area is 119 Å². The summed E-state index contributed by atoms with van der Waals surface area (Å²) < 4.78 is 0. The zero-order valence-corrected chi connectivity index (χ0v) is 12.9. The highest BCUT2D eigenvalue weighted by Crippen LogP contribution is 2.65. The second kappa shape index (κ2) is 3.84. The molecule has 104 valence electrons. The predicted molar refractivity (Wildman–Crippen MR) is 79.4 cm³/mol. The van der Waals surface area contributed by atoms with Crippen LogP contribution in [0.4, 0.5) is 0 Å². The summed E-state index contributed by atoms with van der Waals surface area (Å²) in [5.41, 5.74) is -0.0429. The Kier molecular flexibility index (Phi) is 2.50. The smallest absolute Gasteiger partial charge is 0.207 e. The molecular formula is C15H23N3S. The highest BCUT2D eigenvalue weighted by atomic mass is 32.2. The van der Waals surface area contributed by atoms with Crippen LogP contribution < -0.4 is 0 Å². The molecule has 0 radical (unpaired) electrons. The van der Waals surface area contributed by atoms with Crippen LogP contribution in [0.1, 0.15) is 52.9 Å². The average molecular weight is 277 g/mol. The molecule has 5 rings (SSSR count). The number of azo groups is 1. The summed E-state index contributed by atoms with van der Waals surface area (Å²) in [5, 5.41) is 10.2. The van der Waals surface area contributed by atoms with Gasteiger partial charge in [-0.05, 0) is 76.5 Å². The molecule has 0 atom stereocenters. The van der Waals surface area contributed by atoms with Gasteiger partial charge in [-0.25, -0.2) is 0 Å². The minimum absolute atomic E-state index is 0.0429. The molecule has 19 heavy (non-hydrogen) atoms. The van der Waals surface area contributed by atoms with Crippen LogP contribution >= 0.6 is 11.8 Å². The maximum Gasteiger partial charge on any atom is 0.207 e. The summed E-state index contributed by atoms with van der Waals surface area (Å²) in [6, 6.07) is 0. The van der Waals surface area contributed by atoms with E-state index in [1.165, 1.54) is 32.1 Å². The van der Waals surface area contributed by atoms with Crippen LogP contribution in [0.25, 0.3) is 0 Å². The molecule has 0 aromatic rings. The van der Waals surface area contributed by atoms with E-state index in [9.17, 15) is 0 Å². The molecule has 4 heteroatoms. The average Bonchev–Trinajstić information content (AvgIpc) is 2.68. The Hall–Kier alpha value is -0.380. The van der Waals surface area contributed by atoms with Crippen molar-refractivity contribution in [3.63, 3.8) is 0 Å². The Bertz CT molecular complexity index is 433. The Morgan fingerprint density at radius 2 is 1.63 bits per heavy atom. The molecular weight excluding hydrogens is 254 g/mol. The first-order valence-electron chi connectivity index (χ1n) is 7.66. The van der Waals surface area contributed by atoms with Crippen LogP contribution in [0, 0.1) is 23.7 Å².